The summed E-state index contributed by atoms with van der Waals surface area (Å²) in [5.41, 5.74) is 0.579. The summed E-state index contributed by atoms with van der Waals surface area (Å²) in [7, 11) is 0. The van der Waals surface area contributed by atoms with Gasteiger partial charge in [-0.25, -0.2) is 4.79 Å². The fraction of sp³-hybridized carbons (Fsp3) is 0.250. The molecular weight excluding hydrogens is 320 g/mol. The van der Waals surface area contributed by atoms with Gasteiger partial charge >= 0.3 is 5.97 Å². The Morgan fingerprint density at radius 1 is 0.800 bits per heavy atom. The predicted molar refractivity (Wildman–Crippen MR) is 93.0 cm³/mol. The van der Waals surface area contributed by atoms with E-state index >= 15 is 0 Å². The van der Waals surface area contributed by atoms with E-state index in [4.69, 9.17) is 9.84 Å². The molecule has 0 aromatic heterocycles. The predicted octanol–water partition coefficient (Wildman–Crippen LogP) is 4.27. The molecule has 0 saturated heterocycles. The van der Waals surface area contributed by atoms with Crippen LogP contribution in [0.3, 0.4) is 0 Å². The molecule has 5 nitrogen and oxygen atoms in total. The number of rotatable bonds is 10. The number of carboxylic acids is 1. The average molecular weight is 340 g/mol. The lowest BCUT2D eigenvalue weighted by Gasteiger charge is -2.07. The fourth-order valence-corrected chi connectivity index (χ4v) is 2.36. The number of hydrogen-bond acceptors (Lipinski definition) is 4. The number of unbranched alkanes of at least 4 members (excludes halogenated alkanes) is 2. The van der Waals surface area contributed by atoms with Gasteiger partial charge in [0.1, 0.15) is 11.5 Å². The zero-order chi connectivity index (χ0) is 18.1. The molecule has 0 atom stereocenters. The Hall–Kier alpha value is -2.95. The third kappa shape index (κ3) is 6.22. The minimum atomic E-state index is -1.40. The molecule has 2 rings (SSSR count). The molecule has 0 radical (unpaired) electrons. The molecule has 0 aliphatic rings. The number of Topliss-reactive ketones (excluding diaryl/α,β-unsaturated/α-hetero) is 2. The van der Waals surface area contributed by atoms with Crippen molar-refractivity contribution in [3.05, 3.63) is 60.2 Å². The monoisotopic (exact) mass is 340 g/mol. The maximum Gasteiger partial charge on any atom is 0.372 e. The molecule has 130 valence electrons. The van der Waals surface area contributed by atoms with Crippen molar-refractivity contribution < 1.29 is 24.2 Å². The second-order valence-electron chi connectivity index (χ2n) is 5.66. The van der Waals surface area contributed by atoms with Gasteiger partial charge in [0.05, 0.1) is 0 Å². The van der Waals surface area contributed by atoms with Crippen LogP contribution in [-0.2, 0) is 9.59 Å². The van der Waals surface area contributed by atoms with E-state index in [0.717, 1.165) is 0 Å². The van der Waals surface area contributed by atoms with Crippen LogP contribution in [0, 0.1) is 0 Å². The lowest BCUT2D eigenvalue weighted by Crippen LogP contribution is -2.11. The Kier molecular flexibility index (Phi) is 6.89. The zero-order valence-corrected chi connectivity index (χ0v) is 13.8. The van der Waals surface area contributed by atoms with Crippen molar-refractivity contribution in [3.8, 4) is 11.5 Å². The van der Waals surface area contributed by atoms with Crippen molar-refractivity contribution >= 4 is 17.5 Å². The number of benzene rings is 2. The number of hydrogen-bond donors (Lipinski definition) is 1. The molecule has 0 heterocycles. The molecule has 0 saturated carbocycles. The molecule has 25 heavy (non-hydrogen) atoms. The van der Waals surface area contributed by atoms with Crippen LogP contribution in [0.2, 0.25) is 0 Å². The summed E-state index contributed by atoms with van der Waals surface area (Å²) in [5.74, 6) is -0.870. The van der Waals surface area contributed by atoms with Gasteiger partial charge in [0, 0.05) is 18.4 Å². The summed E-state index contributed by atoms with van der Waals surface area (Å²) in [4.78, 5) is 33.6. The van der Waals surface area contributed by atoms with Crippen LogP contribution in [0.4, 0.5) is 0 Å². The van der Waals surface area contributed by atoms with Crippen LogP contribution in [0.25, 0.3) is 0 Å². The van der Waals surface area contributed by atoms with E-state index in [9.17, 15) is 14.4 Å². The van der Waals surface area contributed by atoms with Gasteiger partial charge in [-0.2, -0.15) is 0 Å². The summed E-state index contributed by atoms with van der Waals surface area (Å²) in [6, 6.07) is 16.4. The first-order valence-corrected chi connectivity index (χ1v) is 8.18. The van der Waals surface area contributed by atoms with Gasteiger partial charge < -0.3 is 9.84 Å². The lowest BCUT2D eigenvalue weighted by molar-refractivity contribution is -0.149. The molecule has 2 aromatic carbocycles. The van der Waals surface area contributed by atoms with E-state index in [1.807, 2.05) is 30.3 Å². The van der Waals surface area contributed by atoms with Gasteiger partial charge in [0.15, 0.2) is 5.78 Å². The second-order valence-corrected chi connectivity index (χ2v) is 5.66. The van der Waals surface area contributed by atoms with Gasteiger partial charge in [0.25, 0.3) is 0 Å². The number of ketones is 2. The van der Waals surface area contributed by atoms with Crippen molar-refractivity contribution in [2.24, 2.45) is 0 Å². The van der Waals surface area contributed by atoms with Crippen molar-refractivity contribution in [3.63, 3.8) is 0 Å². The number of para-hydroxylation sites is 1. The van der Waals surface area contributed by atoms with Crippen molar-refractivity contribution in [2.75, 3.05) is 0 Å². The van der Waals surface area contributed by atoms with Crippen LogP contribution < -0.4 is 4.74 Å². The summed E-state index contributed by atoms with van der Waals surface area (Å²) in [5, 5.41) is 8.49. The first-order valence-electron chi connectivity index (χ1n) is 8.18. The number of aliphatic carboxylic acids is 1. The number of carbonyl (C=O) groups excluding carboxylic acids is 2. The maximum atomic E-state index is 12.2. The van der Waals surface area contributed by atoms with Gasteiger partial charge in [-0.05, 0) is 37.1 Å². The summed E-state index contributed by atoms with van der Waals surface area (Å²) < 4.78 is 5.72. The van der Waals surface area contributed by atoms with Crippen LogP contribution in [-0.4, -0.2) is 22.6 Å². The second kappa shape index (κ2) is 9.37. The van der Waals surface area contributed by atoms with Gasteiger partial charge in [0.2, 0.25) is 5.78 Å². The minimum absolute atomic E-state index is 0.00285. The molecule has 0 aliphatic heterocycles. The Labute approximate surface area is 146 Å². The Balaban J connectivity index is 1.80. The normalized spacial score (nSPS) is 10.2. The van der Waals surface area contributed by atoms with Crippen molar-refractivity contribution in [1.82, 2.24) is 0 Å². The molecular formula is C20H20O5. The van der Waals surface area contributed by atoms with E-state index in [0.29, 0.717) is 42.7 Å². The smallest absolute Gasteiger partial charge is 0.372 e. The van der Waals surface area contributed by atoms with Crippen LogP contribution in [0.15, 0.2) is 54.6 Å². The molecule has 0 fully saturated rings. The molecule has 0 unspecified atom stereocenters. The van der Waals surface area contributed by atoms with E-state index < -0.39 is 11.8 Å². The highest BCUT2D eigenvalue weighted by atomic mass is 16.5. The maximum absolute atomic E-state index is 12.2. The molecule has 0 aliphatic carbocycles. The molecule has 5 heteroatoms. The molecule has 1 N–H and O–H groups in total. The highest BCUT2D eigenvalue weighted by molar-refractivity contribution is 6.32. The number of carboxylic acid groups (broad SMARTS) is 1. The minimum Gasteiger partial charge on any atom is -0.476 e. The zero-order valence-electron chi connectivity index (χ0n) is 13.8. The number of carbonyl (C=O) groups is 3. The first-order chi connectivity index (χ1) is 12.1. The van der Waals surface area contributed by atoms with Crippen LogP contribution in [0.1, 0.15) is 42.5 Å². The van der Waals surface area contributed by atoms with E-state index in [1.165, 1.54) is 0 Å². The summed E-state index contributed by atoms with van der Waals surface area (Å²) in [6.45, 7) is 0. The van der Waals surface area contributed by atoms with Crippen molar-refractivity contribution in [2.45, 2.75) is 32.1 Å². The third-order valence-corrected chi connectivity index (χ3v) is 3.68. The van der Waals surface area contributed by atoms with Gasteiger partial charge in [-0.1, -0.05) is 36.8 Å². The Morgan fingerprint density at radius 3 is 2.20 bits per heavy atom. The number of ether oxygens (including phenoxy) is 1. The summed E-state index contributed by atoms with van der Waals surface area (Å²) in [6.07, 6.45) is 2.12. The van der Waals surface area contributed by atoms with E-state index in [-0.39, 0.29) is 12.2 Å². The fourth-order valence-electron chi connectivity index (χ4n) is 2.36. The van der Waals surface area contributed by atoms with Crippen molar-refractivity contribution in [1.29, 1.82) is 0 Å². The van der Waals surface area contributed by atoms with Crippen LogP contribution >= 0.6 is 0 Å². The summed E-state index contributed by atoms with van der Waals surface area (Å²) >= 11 is 0. The topological polar surface area (TPSA) is 80.7 Å². The molecule has 0 spiro atoms. The van der Waals surface area contributed by atoms with Crippen LogP contribution in [0.5, 0.6) is 11.5 Å². The van der Waals surface area contributed by atoms with Gasteiger partial charge in [-0.3, -0.25) is 9.59 Å². The highest BCUT2D eigenvalue weighted by Crippen LogP contribution is 2.22. The quantitative estimate of drug-likeness (QED) is 0.397. The molecule has 0 bridgehead atoms. The van der Waals surface area contributed by atoms with E-state index in [1.54, 1.807) is 24.3 Å². The molecule has 2 aromatic rings. The standard InChI is InChI=1S/C20H20O5/c21-18(12-5-2-6-13-19(22)20(23)24)15-8-7-11-17(14-15)25-16-9-3-1-4-10-16/h1,3-4,7-11,14H,2,5-6,12-13H2,(H,23,24). The highest BCUT2D eigenvalue weighted by Gasteiger charge is 2.11. The van der Waals surface area contributed by atoms with Gasteiger partial charge in [-0.15, -0.1) is 0 Å². The first kappa shape index (κ1) is 18.4. The largest absolute Gasteiger partial charge is 0.476 e. The average Bonchev–Trinajstić information content (AvgIpc) is 2.62. The Morgan fingerprint density at radius 2 is 1.48 bits per heavy atom. The van der Waals surface area contributed by atoms with E-state index in [2.05, 4.69) is 0 Å². The lowest BCUT2D eigenvalue weighted by atomic mass is 10.0. The molecule has 0 amide bonds. The SMILES string of the molecule is O=C(O)C(=O)CCCCCC(=O)c1cccc(Oc2ccccc2)c1. The third-order valence-electron chi connectivity index (χ3n) is 3.68. The Bertz CT molecular complexity index is 737.